The maximum absolute atomic E-state index is 7.91. The predicted octanol–water partition coefficient (Wildman–Crippen LogP) is 1.29. The third-order valence-corrected chi connectivity index (χ3v) is 3.26. The number of nitrogens with one attached hydrogen (secondary N) is 1. The minimum absolute atomic E-state index is 0.659. The molecule has 0 spiro atoms. The van der Waals surface area contributed by atoms with Gasteiger partial charge in [-0.2, -0.15) is 0 Å². The van der Waals surface area contributed by atoms with Crippen LogP contribution in [0.2, 0.25) is 0 Å². The first-order valence-electron chi connectivity index (χ1n) is 5.85. The Morgan fingerprint density at radius 3 is 2.62 bits per heavy atom. The molecule has 0 aromatic heterocycles. The standard InChI is InChI=1S/C12H20N4/c1-3-16-11(13)5-4-6-12(16)15-9-7-14(2)8-10-15/h3,6,13H,1,4-5,7-10H2,2H3. The van der Waals surface area contributed by atoms with Crippen LogP contribution >= 0.6 is 0 Å². The van der Waals surface area contributed by atoms with E-state index in [1.54, 1.807) is 6.20 Å². The third-order valence-electron chi connectivity index (χ3n) is 3.26. The first-order chi connectivity index (χ1) is 7.72. The van der Waals surface area contributed by atoms with E-state index in [4.69, 9.17) is 5.41 Å². The van der Waals surface area contributed by atoms with Crippen molar-refractivity contribution < 1.29 is 0 Å². The van der Waals surface area contributed by atoms with Crippen LogP contribution in [0.1, 0.15) is 12.8 Å². The van der Waals surface area contributed by atoms with E-state index < -0.39 is 0 Å². The van der Waals surface area contributed by atoms with Crippen molar-refractivity contribution in [1.82, 2.24) is 14.7 Å². The van der Waals surface area contributed by atoms with Gasteiger partial charge in [0.1, 0.15) is 11.7 Å². The van der Waals surface area contributed by atoms with Gasteiger partial charge in [0.05, 0.1) is 0 Å². The molecule has 2 rings (SSSR count). The van der Waals surface area contributed by atoms with E-state index in [0.717, 1.165) is 44.8 Å². The SMILES string of the molecule is C=CN1C(=N)CCC=C1N1CCN(C)CC1. The number of nitrogens with zero attached hydrogens (tertiary/aromatic N) is 3. The van der Waals surface area contributed by atoms with Crippen LogP contribution in [0.15, 0.2) is 24.7 Å². The van der Waals surface area contributed by atoms with Crippen molar-refractivity contribution in [2.45, 2.75) is 12.8 Å². The van der Waals surface area contributed by atoms with Crippen LogP contribution in [0.3, 0.4) is 0 Å². The number of allylic oxidation sites excluding steroid dienone is 1. The molecule has 88 valence electrons. The van der Waals surface area contributed by atoms with E-state index in [-0.39, 0.29) is 0 Å². The zero-order valence-corrected chi connectivity index (χ0v) is 9.95. The quantitative estimate of drug-likeness (QED) is 0.761. The summed E-state index contributed by atoms with van der Waals surface area (Å²) < 4.78 is 0. The first-order valence-corrected chi connectivity index (χ1v) is 5.85. The summed E-state index contributed by atoms with van der Waals surface area (Å²) in [7, 11) is 2.15. The molecule has 0 bridgehead atoms. The normalized spacial score (nSPS) is 23.3. The molecule has 2 heterocycles. The Kier molecular flexibility index (Phi) is 3.29. The summed E-state index contributed by atoms with van der Waals surface area (Å²) in [4.78, 5) is 6.60. The van der Waals surface area contributed by atoms with Gasteiger partial charge in [-0.1, -0.05) is 6.58 Å². The maximum atomic E-state index is 7.91. The second-order valence-corrected chi connectivity index (χ2v) is 4.39. The Morgan fingerprint density at radius 2 is 2.00 bits per heavy atom. The Morgan fingerprint density at radius 1 is 1.31 bits per heavy atom. The smallest absolute Gasteiger partial charge is 0.109 e. The molecule has 0 amide bonds. The van der Waals surface area contributed by atoms with E-state index in [2.05, 4.69) is 29.5 Å². The Bertz CT molecular complexity index is 313. The van der Waals surface area contributed by atoms with Gasteiger partial charge in [0.15, 0.2) is 0 Å². The molecule has 0 aliphatic carbocycles. The van der Waals surface area contributed by atoms with Crippen LogP contribution in [0.4, 0.5) is 0 Å². The molecule has 0 radical (unpaired) electrons. The van der Waals surface area contributed by atoms with Crippen molar-refractivity contribution in [3.63, 3.8) is 0 Å². The molecule has 0 aromatic rings. The van der Waals surface area contributed by atoms with E-state index >= 15 is 0 Å². The average Bonchev–Trinajstić information content (AvgIpc) is 2.30. The molecule has 16 heavy (non-hydrogen) atoms. The van der Waals surface area contributed by atoms with Crippen LogP contribution in [0, 0.1) is 5.41 Å². The number of amidine groups is 1. The first kappa shape index (κ1) is 11.2. The van der Waals surface area contributed by atoms with Gasteiger partial charge >= 0.3 is 0 Å². The Balaban J connectivity index is 2.10. The number of piperazine rings is 1. The van der Waals surface area contributed by atoms with Gasteiger partial charge in [-0.05, 0) is 19.5 Å². The topological polar surface area (TPSA) is 33.6 Å². The Hall–Kier alpha value is -1.29. The van der Waals surface area contributed by atoms with E-state index in [1.807, 2.05) is 4.90 Å². The summed E-state index contributed by atoms with van der Waals surface area (Å²) in [6.07, 6.45) is 5.78. The minimum atomic E-state index is 0.659. The van der Waals surface area contributed by atoms with Crippen LogP contribution in [0.5, 0.6) is 0 Å². The monoisotopic (exact) mass is 220 g/mol. The van der Waals surface area contributed by atoms with Crippen LogP contribution in [-0.2, 0) is 0 Å². The van der Waals surface area contributed by atoms with Crippen molar-refractivity contribution in [3.8, 4) is 0 Å². The highest BCUT2D eigenvalue weighted by Gasteiger charge is 2.23. The average molecular weight is 220 g/mol. The van der Waals surface area contributed by atoms with E-state index in [0.29, 0.717) is 5.84 Å². The molecule has 2 aliphatic rings. The van der Waals surface area contributed by atoms with Crippen LogP contribution < -0.4 is 0 Å². The number of hydrogen-bond acceptors (Lipinski definition) is 3. The fraction of sp³-hybridized carbons (Fsp3) is 0.583. The predicted molar refractivity (Wildman–Crippen MR) is 66.1 cm³/mol. The van der Waals surface area contributed by atoms with Crippen molar-refractivity contribution in [3.05, 3.63) is 24.7 Å². The summed E-state index contributed by atoms with van der Waals surface area (Å²) in [5.41, 5.74) is 0. The zero-order chi connectivity index (χ0) is 11.5. The van der Waals surface area contributed by atoms with Gasteiger partial charge in [-0.25, -0.2) is 0 Å². The van der Waals surface area contributed by atoms with Crippen molar-refractivity contribution >= 4 is 5.84 Å². The largest absolute Gasteiger partial charge is 0.355 e. The molecule has 0 atom stereocenters. The van der Waals surface area contributed by atoms with Gasteiger partial charge in [0.2, 0.25) is 0 Å². The number of hydrogen-bond donors (Lipinski definition) is 1. The van der Waals surface area contributed by atoms with Gasteiger partial charge in [0, 0.05) is 38.8 Å². The second kappa shape index (κ2) is 4.70. The summed E-state index contributed by atoms with van der Waals surface area (Å²) in [6, 6.07) is 0. The molecule has 0 aromatic carbocycles. The fourth-order valence-electron chi connectivity index (χ4n) is 2.22. The van der Waals surface area contributed by atoms with Crippen molar-refractivity contribution in [2.75, 3.05) is 33.2 Å². The molecule has 4 nitrogen and oxygen atoms in total. The fourth-order valence-corrected chi connectivity index (χ4v) is 2.22. The maximum Gasteiger partial charge on any atom is 0.109 e. The number of likely N-dealkylation sites (N-methyl/N-ethyl adjacent to an activating group) is 1. The molecule has 1 N–H and O–H groups in total. The lowest BCUT2D eigenvalue weighted by atomic mass is 10.1. The third kappa shape index (κ3) is 2.11. The zero-order valence-electron chi connectivity index (χ0n) is 9.95. The molecule has 4 heteroatoms. The number of rotatable bonds is 2. The van der Waals surface area contributed by atoms with Gasteiger partial charge < -0.3 is 9.80 Å². The highest BCUT2D eigenvalue weighted by molar-refractivity contribution is 5.82. The summed E-state index contributed by atoms with van der Waals surface area (Å²) >= 11 is 0. The molecular weight excluding hydrogens is 200 g/mol. The highest BCUT2D eigenvalue weighted by Crippen LogP contribution is 2.21. The van der Waals surface area contributed by atoms with Crippen molar-refractivity contribution in [1.29, 1.82) is 5.41 Å². The van der Waals surface area contributed by atoms with E-state index in [1.165, 1.54) is 0 Å². The van der Waals surface area contributed by atoms with Gasteiger partial charge in [-0.15, -0.1) is 0 Å². The lowest BCUT2D eigenvalue weighted by molar-refractivity contribution is 0.165. The molecular formula is C12H20N4. The molecule has 2 aliphatic heterocycles. The Labute approximate surface area is 97.3 Å². The van der Waals surface area contributed by atoms with Crippen molar-refractivity contribution in [2.24, 2.45) is 0 Å². The lowest BCUT2D eigenvalue weighted by Gasteiger charge is -2.40. The molecule has 0 saturated carbocycles. The summed E-state index contributed by atoms with van der Waals surface area (Å²) in [6.45, 7) is 8.07. The minimum Gasteiger partial charge on any atom is -0.355 e. The molecule has 1 fully saturated rings. The molecule has 1 saturated heterocycles. The van der Waals surface area contributed by atoms with Gasteiger partial charge in [0.25, 0.3) is 0 Å². The highest BCUT2D eigenvalue weighted by atomic mass is 15.4. The van der Waals surface area contributed by atoms with E-state index in [9.17, 15) is 0 Å². The lowest BCUT2D eigenvalue weighted by Crippen LogP contribution is -2.48. The summed E-state index contributed by atoms with van der Waals surface area (Å²) in [5, 5.41) is 7.91. The second-order valence-electron chi connectivity index (χ2n) is 4.39. The van der Waals surface area contributed by atoms with Crippen LogP contribution in [-0.4, -0.2) is 53.8 Å². The van der Waals surface area contributed by atoms with Crippen LogP contribution in [0.25, 0.3) is 0 Å². The van der Waals surface area contributed by atoms with Gasteiger partial charge in [-0.3, -0.25) is 10.3 Å². The molecule has 0 unspecified atom stereocenters. The summed E-state index contributed by atoms with van der Waals surface area (Å²) in [5.74, 6) is 1.81.